The average Bonchev–Trinajstić information content (AvgIpc) is 2.63. The van der Waals surface area contributed by atoms with E-state index in [1.807, 2.05) is 17.8 Å². The standard InChI is InChI=1S/C11H18ClNS2/c1-3-9(2)14-7-6-13-8-10-4-5-11(12)15-10/h4-5,9,13H,3,6-8H2,1-2H3. The maximum Gasteiger partial charge on any atom is 0.0931 e. The van der Waals surface area contributed by atoms with Gasteiger partial charge in [-0.25, -0.2) is 0 Å². The molecule has 0 spiro atoms. The van der Waals surface area contributed by atoms with Crippen LogP contribution in [0.3, 0.4) is 0 Å². The Morgan fingerprint density at radius 3 is 2.93 bits per heavy atom. The smallest absolute Gasteiger partial charge is 0.0931 e. The lowest BCUT2D eigenvalue weighted by atomic mass is 10.4. The molecule has 15 heavy (non-hydrogen) atoms. The molecule has 1 rings (SSSR count). The summed E-state index contributed by atoms with van der Waals surface area (Å²) in [4.78, 5) is 1.31. The lowest BCUT2D eigenvalue weighted by molar-refractivity contribution is 0.739. The van der Waals surface area contributed by atoms with Gasteiger partial charge >= 0.3 is 0 Å². The molecule has 1 N–H and O–H groups in total. The second kappa shape index (κ2) is 7.55. The summed E-state index contributed by atoms with van der Waals surface area (Å²) in [6.07, 6.45) is 1.26. The van der Waals surface area contributed by atoms with Gasteiger partial charge in [-0.05, 0) is 18.6 Å². The minimum absolute atomic E-state index is 0.781. The van der Waals surface area contributed by atoms with E-state index < -0.39 is 0 Å². The third-order valence-electron chi connectivity index (χ3n) is 2.18. The summed E-state index contributed by atoms with van der Waals surface area (Å²) in [6.45, 7) is 6.53. The molecule has 0 aromatic carbocycles. The molecular formula is C11H18ClNS2. The van der Waals surface area contributed by atoms with Crippen molar-refractivity contribution < 1.29 is 0 Å². The number of thiophene rings is 1. The first-order chi connectivity index (χ1) is 7.22. The molecule has 0 saturated heterocycles. The summed E-state index contributed by atoms with van der Waals surface area (Å²) in [5.74, 6) is 1.19. The summed E-state index contributed by atoms with van der Waals surface area (Å²) >= 11 is 9.53. The lowest BCUT2D eigenvalue weighted by Gasteiger charge is -2.08. The maximum absolute atomic E-state index is 5.85. The Kier molecular flexibility index (Phi) is 6.73. The number of hydrogen-bond donors (Lipinski definition) is 1. The Bertz CT molecular complexity index is 275. The zero-order valence-electron chi connectivity index (χ0n) is 9.25. The van der Waals surface area contributed by atoms with Crippen molar-refractivity contribution in [1.82, 2.24) is 5.32 Å². The van der Waals surface area contributed by atoms with Crippen molar-refractivity contribution >= 4 is 34.7 Å². The topological polar surface area (TPSA) is 12.0 Å². The zero-order chi connectivity index (χ0) is 11.1. The molecule has 0 saturated carbocycles. The molecule has 1 nitrogen and oxygen atoms in total. The van der Waals surface area contributed by atoms with Gasteiger partial charge < -0.3 is 5.32 Å². The highest BCUT2D eigenvalue weighted by molar-refractivity contribution is 7.99. The van der Waals surface area contributed by atoms with Crippen LogP contribution in [-0.4, -0.2) is 17.5 Å². The van der Waals surface area contributed by atoms with Gasteiger partial charge in [-0.3, -0.25) is 0 Å². The highest BCUT2D eigenvalue weighted by Crippen LogP contribution is 2.21. The first-order valence-electron chi connectivity index (χ1n) is 5.29. The predicted octanol–water partition coefficient (Wildman–Crippen LogP) is 4.02. The van der Waals surface area contributed by atoms with E-state index in [-0.39, 0.29) is 0 Å². The highest BCUT2D eigenvalue weighted by atomic mass is 35.5. The second-order valence-corrected chi connectivity index (χ2v) is 6.82. The molecule has 4 heteroatoms. The van der Waals surface area contributed by atoms with Crippen LogP contribution < -0.4 is 5.32 Å². The molecule has 0 radical (unpaired) electrons. The van der Waals surface area contributed by atoms with Crippen LogP contribution in [0.15, 0.2) is 12.1 Å². The van der Waals surface area contributed by atoms with Crippen molar-refractivity contribution in [3.63, 3.8) is 0 Å². The van der Waals surface area contributed by atoms with Crippen molar-refractivity contribution in [2.75, 3.05) is 12.3 Å². The average molecular weight is 264 g/mol. The molecule has 0 bridgehead atoms. The van der Waals surface area contributed by atoms with Crippen LogP contribution in [0.4, 0.5) is 0 Å². The zero-order valence-corrected chi connectivity index (χ0v) is 11.6. The quantitative estimate of drug-likeness (QED) is 0.746. The van der Waals surface area contributed by atoms with E-state index in [1.165, 1.54) is 17.1 Å². The van der Waals surface area contributed by atoms with Gasteiger partial charge in [-0.15, -0.1) is 11.3 Å². The number of thioether (sulfide) groups is 1. The van der Waals surface area contributed by atoms with E-state index in [0.29, 0.717) is 0 Å². The Morgan fingerprint density at radius 1 is 1.53 bits per heavy atom. The van der Waals surface area contributed by atoms with E-state index in [9.17, 15) is 0 Å². The van der Waals surface area contributed by atoms with Crippen LogP contribution in [-0.2, 0) is 6.54 Å². The summed E-state index contributed by atoms with van der Waals surface area (Å²) in [7, 11) is 0. The van der Waals surface area contributed by atoms with E-state index in [0.717, 1.165) is 22.7 Å². The number of nitrogens with one attached hydrogen (secondary N) is 1. The number of rotatable bonds is 7. The van der Waals surface area contributed by atoms with Gasteiger partial charge in [0.15, 0.2) is 0 Å². The van der Waals surface area contributed by atoms with Crippen LogP contribution in [0.25, 0.3) is 0 Å². The van der Waals surface area contributed by atoms with Crippen molar-refractivity contribution in [1.29, 1.82) is 0 Å². The van der Waals surface area contributed by atoms with E-state index in [2.05, 4.69) is 25.2 Å². The lowest BCUT2D eigenvalue weighted by Crippen LogP contribution is -2.16. The Hall–Kier alpha value is 0.300. The van der Waals surface area contributed by atoms with E-state index in [4.69, 9.17) is 11.6 Å². The third-order valence-corrected chi connectivity index (χ3v) is 4.76. The third kappa shape index (κ3) is 5.81. The molecule has 0 aliphatic rings. The minimum Gasteiger partial charge on any atom is -0.311 e. The van der Waals surface area contributed by atoms with E-state index >= 15 is 0 Å². The number of halogens is 1. The van der Waals surface area contributed by atoms with Crippen molar-refractivity contribution in [3.05, 3.63) is 21.3 Å². The number of hydrogen-bond acceptors (Lipinski definition) is 3. The molecule has 86 valence electrons. The summed E-state index contributed by atoms with van der Waals surface area (Å²) in [6, 6.07) is 4.04. The summed E-state index contributed by atoms with van der Waals surface area (Å²) in [5, 5.41) is 4.21. The molecule has 1 unspecified atom stereocenters. The van der Waals surface area contributed by atoms with Crippen LogP contribution in [0, 0.1) is 0 Å². The van der Waals surface area contributed by atoms with Gasteiger partial charge in [0.05, 0.1) is 4.34 Å². The molecule has 1 aromatic heterocycles. The van der Waals surface area contributed by atoms with Gasteiger partial charge in [0.25, 0.3) is 0 Å². The van der Waals surface area contributed by atoms with Crippen molar-refractivity contribution in [3.8, 4) is 0 Å². The molecular weight excluding hydrogens is 246 g/mol. The molecule has 0 aliphatic heterocycles. The van der Waals surface area contributed by atoms with Crippen molar-refractivity contribution in [2.45, 2.75) is 32.1 Å². The van der Waals surface area contributed by atoms with Gasteiger partial charge in [-0.1, -0.05) is 25.4 Å². The molecule has 1 atom stereocenters. The summed E-state index contributed by atoms with van der Waals surface area (Å²) < 4.78 is 0.876. The Morgan fingerprint density at radius 2 is 2.33 bits per heavy atom. The monoisotopic (exact) mass is 263 g/mol. The van der Waals surface area contributed by atoms with Crippen LogP contribution in [0.5, 0.6) is 0 Å². The SMILES string of the molecule is CCC(C)SCCNCc1ccc(Cl)s1. The Balaban J connectivity index is 2.02. The fourth-order valence-corrected chi connectivity index (χ4v) is 3.07. The predicted molar refractivity (Wildman–Crippen MR) is 73.2 cm³/mol. The molecule has 1 heterocycles. The molecule has 0 amide bonds. The van der Waals surface area contributed by atoms with Gasteiger partial charge in [0.2, 0.25) is 0 Å². The second-order valence-electron chi connectivity index (χ2n) is 3.47. The van der Waals surface area contributed by atoms with Crippen LogP contribution >= 0.6 is 34.7 Å². The summed E-state index contributed by atoms with van der Waals surface area (Å²) in [5.41, 5.74) is 0. The van der Waals surface area contributed by atoms with Crippen LogP contribution in [0.1, 0.15) is 25.1 Å². The molecule has 1 aromatic rings. The van der Waals surface area contributed by atoms with Crippen LogP contribution in [0.2, 0.25) is 4.34 Å². The van der Waals surface area contributed by atoms with Crippen molar-refractivity contribution in [2.24, 2.45) is 0 Å². The normalized spacial score (nSPS) is 13.0. The van der Waals surface area contributed by atoms with E-state index in [1.54, 1.807) is 11.3 Å². The van der Waals surface area contributed by atoms with Gasteiger partial charge in [0.1, 0.15) is 0 Å². The molecule has 0 aliphatic carbocycles. The molecule has 0 fully saturated rings. The highest BCUT2D eigenvalue weighted by Gasteiger charge is 1.99. The fourth-order valence-electron chi connectivity index (χ4n) is 1.11. The largest absolute Gasteiger partial charge is 0.311 e. The first kappa shape index (κ1) is 13.4. The van der Waals surface area contributed by atoms with Gasteiger partial charge in [-0.2, -0.15) is 11.8 Å². The fraction of sp³-hybridized carbons (Fsp3) is 0.636. The first-order valence-corrected chi connectivity index (χ1v) is 7.53. The van der Waals surface area contributed by atoms with Gasteiger partial charge in [0, 0.05) is 29.0 Å². The Labute approximate surface area is 106 Å². The minimum atomic E-state index is 0.781. The maximum atomic E-state index is 5.85.